The van der Waals surface area contributed by atoms with E-state index < -0.39 is 0 Å². The van der Waals surface area contributed by atoms with Gasteiger partial charge in [0.15, 0.2) is 0 Å². The maximum Gasteiger partial charge on any atom is 0.201 e. The van der Waals surface area contributed by atoms with E-state index in [2.05, 4.69) is 57.3 Å². The normalized spacial score (nSPS) is 18.9. The molecule has 3 rings (SSSR count). The molecule has 1 fully saturated rings. The molecule has 0 radical (unpaired) electrons. The largest absolute Gasteiger partial charge is 0.369 e. The summed E-state index contributed by atoms with van der Waals surface area (Å²) in [5.41, 5.74) is 8.47. The number of benzene rings is 1. The zero-order chi connectivity index (χ0) is 12.0. The lowest BCUT2D eigenvalue weighted by Crippen LogP contribution is -2.27. The average Bonchev–Trinajstić information content (AvgIpc) is 2.81. The molecular weight excluding hydrogens is 325 g/mol. The predicted molar refractivity (Wildman–Crippen MR) is 79.0 cm³/mol. The third-order valence-corrected chi connectivity index (χ3v) is 4.53. The summed E-state index contributed by atoms with van der Waals surface area (Å²) < 4.78 is 3.45. The number of hydrogen-bond donors (Lipinski definition) is 1. The molecule has 0 amide bonds. The molecule has 0 aliphatic heterocycles. The van der Waals surface area contributed by atoms with E-state index in [9.17, 15) is 0 Å². The third-order valence-electron chi connectivity index (χ3n) is 3.86. The summed E-state index contributed by atoms with van der Waals surface area (Å²) >= 11 is 2.31. The van der Waals surface area contributed by atoms with E-state index in [4.69, 9.17) is 5.73 Å². The molecule has 0 unspecified atom stereocenters. The molecule has 1 aromatic heterocycles. The molecule has 1 heterocycles. The van der Waals surface area contributed by atoms with Crippen molar-refractivity contribution in [3.8, 4) is 0 Å². The van der Waals surface area contributed by atoms with Crippen molar-refractivity contribution in [2.45, 2.75) is 38.1 Å². The van der Waals surface area contributed by atoms with Crippen molar-refractivity contribution in [1.29, 1.82) is 0 Å². The first-order valence-electron chi connectivity index (χ1n) is 6.04. The number of nitrogens with two attached hydrogens (primary N) is 1. The second kappa shape index (κ2) is 3.86. The highest BCUT2D eigenvalue weighted by molar-refractivity contribution is 14.1. The Labute approximate surface area is 115 Å². The van der Waals surface area contributed by atoms with Gasteiger partial charge in [-0.3, -0.25) is 0 Å². The van der Waals surface area contributed by atoms with Crippen LogP contribution < -0.4 is 5.73 Å². The van der Waals surface area contributed by atoms with Crippen LogP contribution in [-0.2, 0) is 5.54 Å². The van der Waals surface area contributed by atoms with Crippen LogP contribution in [0.3, 0.4) is 0 Å². The molecule has 17 heavy (non-hydrogen) atoms. The SMILES string of the molecule is CC1(n2c(N)nc3cc(I)ccc32)CCCC1. The molecule has 0 bridgehead atoms. The molecule has 1 aliphatic carbocycles. The van der Waals surface area contributed by atoms with Gasteiger partial charge in [0.05, 0.1) is 11.0 Å². The Morgan fingerprint density at radius 1 is 1.35 bits per heavy atom. The quantitative estimate of drug-likeness (QED) is 0.807. The molecule has 1 saturated carbocycles. The zero-order valence-electron chi connectivity index (χ0n) is 9.91. The topological polar surface area (TPSA) is 43.8 Å². The van der Waals surface area contributed by atoms with Gasteiger partial charge in [0.2, 0.25) is 5.95 Å². The fourth-order valence-electron chi connectivity index (χ4n) is 3.00. The van der Waals surface area contributed by atoms with Gasteiger partial charge in [-0.2, -0.15) is 0 Å². The molecule has 0 spiro atoms. The second-order valence-corrected chi connectivity index (χ2v) is 6.39. The van der Waals surface area contributed by atoms with Gasteiger partial charge < -0.3 is 10.3 Å². The van der Waals surface area contributed by atoms with Crippen LogP contribution in [0.1, 0.15) is 32.6 Å². The van der Waals surface area contributed by atoms with Crippen molar-refractivity contribution in [3.05, 3.63) is 21.8 Å². The monoisotopic (exact) mass is 341 g/mol. The van der Waals surface area contributed by atoms with Crippen LogP contribution in [0.15, 0.2) is 18.2 Å². The van der Waals surface area contributed by atoms with E-state index >= 15 is 0 Å². The summed E-state index contributed by atoms with van der Waals surface area (Å²) in [5, 5.41) is 0. The van der Waals surface area contributed by atoms with Gasteiger partial charge in [-0.05, 0) is 60.6 Å². The van der Waals surface area contributed by atoms with Crippen LogP contribution in [0.4, 0.5) is 5.95 Å². The first-order valence-corrected chi connectivity index (χ1v) is 7.12. The first-order chi connectivity index (χ1) is 8.10. The highest BCUT2D eigenvalue weighted by atomic mass is 127. The molecule has 0 atom stereocenters. The molecule has 2 N–H and O–H groups in total. The predicted octanol–water partition coefficient (Wildman–Crippen LogP) is 3.51. The van der Waals surface area contributed by atoms with Gasteiger partial charge in [0.1, 0.15) is 0 Å². The lowest BCUT2D eigenvalue weighted by atomic mass is 10.00. The number of hydrogen-bond acceptors (Lipinski definition) is 2. The molecule has 0 saturated heterocycles. The van der Waals surface area contributed by atoms with Crippen LogP contribution in [0.2, 0.25) is 0 Å². The van der Waals surface area contributed by atoms with Crippen molar-refractivity contribution >= 4 is 39.6 Å². The fraction of sp³-hybridized carbons (Fsp3) is 0.462. The number of halogens is 1. The standard InChI is InChI=1S/C13H16IN3/c1-13(6-2-3-7-13)17-11-5-4-9(14)8-10(11)16-12(17)15/h4-5,8H,2-3,6-7H2,1H3,(H2,15,16). The van der Waals surface area contributed by atoms with Crippen LogP contribution in [0, 0.1) is 3.57 Å². The van der Waals surface area contributed by atoms with Crippen molar-refractivity contribution < 1.29 is 0 Å². The average molecular weight is 341 g/mol. The van der Waals surface area contributed by atoms with Crippen molar-refractivity contribution in [2.75, 3.05) is 5.73 Å². The minimum absolute atomic E-state index is 0.158. The third kappa shape index (κ3) is 1.73. The van der Waals surface area contributed by atoms with E-state index in [0.717, 1.165) is 5.52 Å². The molecule has 4 heteroatoms. The zero-order valence-corrected chi connectivity index (χ0v) is 12.1. The summed E-state index contributed by atoms with van der Waals surface area (Å²) in [6, 6.07) is 6.37. The number of aromatic nitrogens is 2. The van der Waals surface area contributed by atoms with Crippen molar-refractivity contribution in [3.63, 3.8) is 0 Å². The highest BCUT2D eigenvalue weighted by Gasteiger charge is 2.33. The van der Waals surface area contributed by atoms with Gasteiger partial charge >= 0.3 is 0 Å². The second-order valence-electron chi connectivity index (χ2n) is 5.14. The molecule has 1 aromatic carbocycles. The number of fused-ring (bicyclic) bond motifs is 1. The molecular formula is C13H16IN3. The minimum atomic E-state index is 0.158. The van der Waals surface area contributed by atoms with Gasteiger partial charge in [0, 0.05) is 9.11 Å². The van der Waals surface area contributed by atoms with Gasteiger partial charge in [-0.1, -0.05) is 12.8 Å². The Hall–Kier alpha value is -0.780. The first kappa shape index (κ1) is 11.3. The van der Waals surface area contributed by atoms with Gasteiger partial charge in [-0.25, -0.2) is 4.98 Å². The van der Waals surface area contributed by atoms with E-state index in [-0.39, 0.29) is 5.54 Å². The molecule has 90 valence electrons. The maximum atomic E-state index is 6.12. The summed E-state index contributed by atoms with van der Waals surface area (Å²) in [6.07, 6.45) is 4.99. The van der Waals surface area contributed by atoms with Crippen molar-refractivity contribution in [2.24, 2.45) is 0 Å². The smallest absolute Gasteiger partial charge is 0.201 e. The van der Waals surface area contributed by atoms with Crippen molar-refractivity contribution in [1.82, 2.24) is 9.55 Å². The van der Waals surface area contributed by atoms with Crippen LogP contribution in [-0.4, -0.2) is 9.55 Å². The minimum Gasteiger partial charge on any atom is -0.369 e. The number of rotatable bonds is 1. The summed E-state index contributed by atoms with van der Waals surface area (Å²) in [5.74, 6) is 0.659. The molecule has 3 nitrogen and oxygen atoms in total. The number of anilines is 1. The Morgan fingerprint density at radius 2 is 2.06 bits per heavy atom. The fourth-order valence-corrected chi connectivity index (χ4v) is 3.47. The maximum absolute atomic E-state index is 6.12. The summed E-state index contributed by atoms with van der Waals surface area (Å²) in [4.78, 5) is 4.50. The lowest BCUT2D eigenvalue weighted by molar-refractivity contribution is 0.344. The summed E-state index contributed by atoms with van der Waals surface area (Å²) in [6.45, 7) is 2.30. The van der Waals surface area contributed by atoms with Gasteiger partial charge in [-0.15, -0.1) is 0 Å². The molecule has 1 aliphatic rings. The van der Waals surface area contributed by atoms with Crippen LogP contribution in [0.5, 0.6) is 0 Å². The number of imidazole rings is 1. The lowest BCUT2D eigenvalue weighted by Gasteiger charge is -2.27. The van der Waals surface area contributed by atoms with Crippen LogP contribution in [0.25, 0.3) is 11.0 Å². The van der Waals surface area contributed by atoms with E-state index in [1.54, 1.807) is 0 Å². The summed E-state index contributed by atoms with van der Waals surface area (Å²) in [7, 11) is 0. The Kier molecular flexibility index (Phi) is 2.57. The highest BCUT2D eigenvalue weighted by Crippen LogP contribution is 2.40. The van der Waals surface area contributed by atoms with E-state index in [1.165, 1.54) is 34.8 Å². The van der Waals surface area contributed by atoms with E-state index in [1.807, 2.05) is 0 Å². The van der Waals surface area contributed by atoms with E-state index in [0.29, 0.717) is 5.95 Å². The Bertz CT molecular complexity index is 567. The van der Waals surface area contributed by atoms with Crippen LogP contribution >= 0.6 is 22.6 Å². The van der Waals surface area contributed by atoms with Gasteiger partial charge in [0.25, 0.3) is 0 Å². The Balaban J connectivity index is 2.25. The number of nitrogens with zero attached hydrogens (tertiary/aromatic N) is 2. The molecule has 2 aromatic rings. The number of nitrogen functional groups attached to an aromatic ring is 1. The Morgan fingerprint density at radius 3 is 2.76 bits per heavy atom.